The Bertz CT molecular complexity index is 579. The fraction of sp³-hybridized carbons (Fsp3) is 0.400. The predicted octanol–water partition coefficient (Wildman–Crippen LogP) is 2.72. The Morgan fingerprint density at radius 1 is 1.26 bits per heavy atom. The van der Waals surface area contributed by atoms with E-state index >= 15 is 0 Å². The first kappa shape index (κ1) is 19.4. The van der Waals surface area contributed by atoms with Gasteiger partial charge in [-0.25, -0.2) is 4.79 Å². The van der Waals surface area contributed by atoms with E-state index in [9.17, 15) is 14.4 Å². The van der Waals surface area contributed by atoms with E-state index in [1.165, 1.54) is 6.07 Å². The molecule has 0 atom stereocenters. The molecule has 0 unspecified atom stereocenters. The van der Waals surface area contributed by atoms with E-state index in [-0.39, 0.29) is 23.0 Å². The van der Waals surface area contributed by atoms with Gasteiger partial charge in [0.1, 0.15) is 0 Å². The first-order valence-corrected chi connectivity index (χ1v) is 8.15. The van der Waals surface area contributed by atoms with Gasteiger partial charge in [-0.3, -0.25) is 9.59 Å². The van der Waals surface area contributed by atoms with Crippen LogP contribution in [0.15, 0.2) is 22.7 Å². The number of halogens is 2. The first-order valence-electron chi connectivity index (χ1n) is 6.98. The van der Waals surface area contributed by atoms with E-state index in [4.69, 9.17) is 21.1 Å². The smallest absolute Gasteiger partial charge is 0.340 e. The van der Waals surface area contributed by atoms with Gasteiger partial charge in [0.25, 0.3) is 5.91 Å². The molecule has 1 rings (SSSR count). The third kappa shape index (κ3) is 7.47. The number of carbonyl (C=O) groups is 3. The molecule has 0 radical (unpaired) electrons. The molecular weight excluding hydrogens is 390 g/mol. The number of hydrogen-bond donors (Lipinski definition) is 1. The van der Waals surface area contributed by atoms with Gasteiger partial charge in [-0.05, 0) is 31.5 Å². The number of hydrogen-bond acceptors (Lipinski definition) is 5. The molecule has 8 heteroatoms. The normalized spacial score (nSPS) is 10.0. The molecule has 1 aromatic rings. The summed E-state index contributed by atoms with van der Waals surface area (Å²) in [6.07, 6.45) is 0.678. The van der Waals surface area contributed by atoms with Gasteiger partial charge in [0, 0.05) is 17.4 Å². The minimum Gasteiger partial charge on any atom is -0.466 e. The molecule has 126 valence electrons. The molecule has 0 saturated heterocycles. The zero-order chi connectivity index (χ0) is 17.2. The molecule has 0 aliphatic heterocycles. The summed E-state index contributed by atoms with van der Waals surface area (Å²) >= 11 is 9.12. The lowest BCUT2D eigenvalue weighted by Crippen LogP contribution is -2.30. The van der Waals surface area contributed by atoms with Gasteiger partial charge in [0.2, 0.25) is 0 Å². The number of nitrogens with one attached hydrogen (secondary N) is 1. The minimum atomic E-state index is -0.682. The SMILES string of the molecule is CCOC(=O)CCCNC(=O)COC(=O)c1cc(Br)ccc1Cl. The highest BCUT2D eigenvalue weighted by molar-refractivity contribution is 9.10. The van der Waals surface area contributed by atoms with Gasteiger partial charge >= 0.3 is 11.9 Å². The molecule has 1 aromatic carbocycles. The molecule has 0 saturated carbocycles. The lowest BCUT2D eigenvalue weighted by Gasteiger charge is -2.08. The summed E-state index contributed by atoms with van der Waals surface area (Å²) in [5.41, 5.74) is 0.177. The molecule has 0 bridgehead atoms. The number of benzene rings is 1. The second-order valence-electron chi connectivity index (χ2n) is 4.46. The van der Waals surface area contributed by atoms with Crippen LogP contribution in [0.1, 0.15) is 30.1 Å². The molecule has 0 aliphatic carbocycles. The summed E-state index contributed by atoms with van der Waals surface area (Å²) in [6, 6.07) is 4.76. The van der Waals surface area contributed by atoms with Crippen molar-refractivity contribution in [1.29, 1.82) is 0 Å². The van der Waals surface area contributed by atoms with Crippen molar-refractivity contribution in [2.45, 2.75) is 19.8 Å². The monoisotopic (exact) mass is 405 g/mol. The zero-order valence-electron chi connectivity index (χ0n) is 12.6. The van der Waals surface area contributed by atoms with Gasteiger partial charge in [0.05, 0.1) is 17.2 Å². The van der Waals surface area contributed by atoms with Gasteiger partial charge in [0.15, 0.2) is 6.61 Å². The molecule has 6 nitrogen and oxygen atoms in total. The van der Waals surface area contributed by atoms with Gasteiger partial charge < -0.3 is 14.8 Å². The third-order valence-corrected chi connectivity index (χ3v) is 3.49. The summed E-state index contributed by atoms with van der Waals surface area (Å²) in [5.74, 6) is -1.44. The molecular formula is C15H17BrClNO5. The zero-order valence-corrected chi connectivity index (χ0v) is 14.9. The van der Waals surface area contributed by atoms with E-state index < -0.39 is 18.5 Å². The first-order chi connectivity index (χ1) is 10.9. The van der Waals surface area contributed by atoms with Crippen molar-refractivity contribution >= 4 is 45.4 Å². The molecule has 0 heterocycles. The van der Waals surface area contributed by atoms with E-state index in [2.05, 4.69) is 21.2 Å². The maximum atomic E-state index is 11.8. The van der Waals surface area contributed by atoms with Crippen LogP contribution in [0.25, 0.3) is 0 Å². The Labute approximate surface area is 147 Å². The highest BCUT2D eigenvalue weighted by atomic mass is 79.9. The lowest BCUT2D eigenvalue weighted by molar-refractivity contribution is -0.143. The quantitative estimate of drug-likeness (QED) is 0.530. The summed E-state index contributed by atoms with van der Waals surface area (Å²) in [6.45, 7) is 1.94. The van der Waals surface area contributed by atoms with Crippen LogP contribution in [0.2, 0.25) is 5.02 Å². The van der Waals surface area contributed by atoms with Crippen LogP contribution in [-0.4, -0.2) is 37.6 Å². The van der Waals surface area contributed by atoms with E-state index in [1.54, 1.807) is 19.1 Å². The van der Waals surface area contributed by atoms with Crippen molar-refractivity contribution < 1.29 is 23.9 Å². The van der Waals surface area contributed by atoms with Crippen LogP contribution < -0.4 is 5.32 Å². The average molecular weight is 407 g/mol. The van der Waals surface area contributed by atoms with E-state index in [1.807, 2.05) is 0 Å². The highest BCUT2D eigenvalue weighted by Gasteiger charge is 2.14. The molecule has 1 N–H and O–H groups in total. The standard InChI is InChI=1S/C15H17BrClNO5/c1-2-22-14(20)4-3-7-18-13(19)9-23-15(21)11-8-10(16)5-6-12(11)17/h5-6,8H,2-4,7,9H2,1H3,(H,18,19). The van der Waals surface area contributed by atoms with Crippen molar-refractivity contribution in [3.05, 3.63) is 33.3 Å². The largest absolute Gasteiger partial charge is 0.466 e. The van der Waals surface area contributed by atoms with Crippen molar-refractivity contribution in [3.8, 4) is 0 Å². The predicted molar refractivity (Wildman–Crippen MR) is 88.3 cm³/mol. The van der Waals surface area contributed by atoms with Crippen LogP contribution >= 0.6 is 27.5 Å². The lowest BCUT2D eigenvalue weighted by atomic mass is 10.2. The Morgan fingerprint density at radius 2 is 2.00 bits per heavy atom. The van der Waals surface area contributed by atoms with Gasteiger partial charge in [-0.1, -0.05) is 27.5 Å². The van der Waals surface area contributed by atoms with Crippen molar-refractivity contribution in [2.24, 2.45) is 0 Å². The Balaban J connectivity index is 2.29. The molecule has 0 aromatic heterocycles. The number of rotatable bonds is 8. The second kappa shape index (κ2) is 10.2. The summed E-state index contributed by atoms with van der Waals surface area (Å²) in [4.78, 5) is 34.5. The number of ether oxygens (including phenoxy) is 2. The molecule has 1 amide bonds. The Morgan fingerprint density at radius 3 is 2.70 bits per heavy atom. The molecule has 0 spiro atoms. The number of esters is 2. The van der Waals surface area contributed by atoms with Gasteiger partial charge in [-0.15, -0.1) is 0 Å². The van der Waals surface area contributed by atoms with Crippen LogP contribution in [0, 0.1) is 0 Å². The van der Waals surface area contributed by atoms with Crippen LogP contribution in [0.4, 0.5) is 0 Å². The maximum absolute atomic E-state index is 11.8. The van der Waals surface area contributed by atoms with Crippen molar-refractivity contribution in [3.63, 3.8) is 0 Å². The average Bonchev–Trinajstić information content (AvgIpc) is 2.52. The van der Waals surface area contributed by atoms with Crippen LogP contribution in [0.5, 0.6) is 0 Å². The third-order valence-electron chi connectivity index (χ3n) is 2.67. The highest BCUT2D eigenvalue weighted by Crippen LogP contribution is 2.21. The molecule has 23 heavy (non-hydrogen) atoms. The topological polar surface area (TPSA) is 81.7 Å². The Kier molecular flexibility index (Phi) is 8.65. The Hall–Kier alpha value is -1.60. The minimum absolute atomic E-state index is 0.177. The molecule has 0 aliphatic rings. The van der Waals surface area contributed by atoms with Crippen molar-refractivity contribution in [1.82, 2.24) is 5.32 Å². The van der Waals surface area contributed by atoms with Crippen molar-refractivity contribution in [2.75, 3.05) is 19.8 Å². The number of amides is 1. The second-order valence-corrected chi connectivity index (χ2v) is 5.78. The maximum Gasteiger partial charge on any atom is 0.340 e. The summed E-state index contributed by atoms with van der Waals surface area (Å²) in [5, 5.41) is 2.79. The van der Waals surface area contributed by atoms with E-state index in [0.29, 0.717) is 24.0 Å². The van der Waals surface area contributed by atoms with Crippen LogP contribution in [-0.2, 0) is 19.1 Å². The van der Waals surface area contributed by atoms with Gasteiger partial charge in [-0.2, -0.15) is 0 Å². The summed E-state index contributed by atoms with van der Waals surface area (Å²) < 4.78 is 10.3. The summed E-state index contributed by atoms with van der Waals surface area (Å²) in [7, 11) is 0. The molecule has 0 fully saturated rings. The fourth-order valence-corrected chi connectivity index (χ4v) is 2.16. The van der Waals surface area contributed by atoms with E-state index in [0.717, 1.165) is 0 Å². The fourth-order valence-electron chi connectivity index (χ4n) is 1.61. The van der Waals surface area contributed by atoms with Crippen LogP contribution in [0.3, 0.4) is 0 Å². The number of carbonyl (C=O) groups excluding carboxylic acids is 3.